The minimum absolute atomic E-state index is 0.0202. The molecule has 2 aromatic rings. The van der Waals surface area contributed by atoms with Gasteiger partial charge in [0.1, 0.15) is 5.82 Å². The van der Waals surface area contributed by atoms with Crippen LogP contribution in [0.25, 0.3) is 11.6 Å². The van der Waals surface area contributed by atoms with Crippen LogP contribution in [-0.4, -0.2) is 78.4 Å². The van der Waals surface area contributed by atoms with E-state index in [9.17, 15) is 18.8 Å². The van der Waals surface area contributed by atoms with Crippen molar-refractivity contribution >= 4 is 40.7 Å². The summed E-state index contributed by atoms with van der Waals surface area (Å²) in [6, 6.07) is 2.44. The van der Waals surface area contributed by atoms with Crippen LogP contribution in [-0.2, 0) is 20.7 Å². The molecule has 9 nitrogen and oxygen atoms in total. The Bertz CT molecular complexity index is 1240. The second kappa shape index (κ2) is 9.27. The number of rotatable bonds is 5. The summed E-state index contributed by atoms with van der Waals surface area (Å²) in [4.78, 5) is 45.1. The minimum Gasteiger partial charge on any atom is -0.379 e. The lowest BCUT2D eigenvalue weighted by atomic mass is 10.0. The zero-order valence-corrected chi connectivity index (χ0v) is 19.8. The summed E-state index contributed by atoms with van der Waals surface area (Å²) >= 11 is 0. The number of ether oxygens (including phenoxy) is 1. The van der Waals surface area contributed by atoms with Crippen molar-refractivity contribution in [2.75, 3.05) is 56.6 Å². The van der Waals surface area contributed by atoms with Crippen molar-refractivity contribution in [1.29, 1.82) is 0 Å². The minimum atomic E-state index is -0.566. The Balaban J connectivity index is 1.41. The van der Waals surface area contributed by atoms with Crippen molar-refractivity contribution in [1.82, 2.24) is 14.8 Å². The van der Waals surface area contributed by atoms with Crippen LogP contribution < -0.4 is 10.6 Å². The van der Waals surface area contributed by atoms with Gasteiger partial charge in [-0.15, -0.1) is 0 Å². The van der Waals surface area contributed by atoms with Crippen LogP contribution in [0.1, 0.15) is 39.8 Å². The van der Waals surface area contributed by atoms with Crippen molar-refractivity contribution in [2.45, 2.75) is 20.3 Å². The maximum Gasteiger partial charge on any atom is 0.256 e. The van der Waals surface area contributed by atoms with Crippen molar-refractivity contribution in [2.24, 2.45) is 0 Å². The Morgan fingerprint density at radius 1 is 1.20 bits per heavy atom. The van der Waals surface area contributed by atoms with Gasteiger partial charge in [0.2, 0.25) is 5.91 Å². The molecule has 1 fully saturated rings. The molecule has 35 heavy (non-hydrogen) atoms. The molecule has 3 aliphatic rings. The fourth-order valence-electron chi connectivity index (χ4n) is 4.94. The molecule has 184 valence electrons. The zero-order valence-electron chi connectivity index (χ0n) is 19.8. The highest BCUT2D eigenvalue weighted by Gasteiger charge is 2.32. The highest BCUT2D eigenvalue weighted by Crippen LogP contribution is 2.40. The number of hydrogen-bond acceptors (Lipinski definition) is 5. The molecular weight excluding hydrogens is 453 g/mol. The molecule has 1 aromatic heterocycles. The van der Waals surface area contributed by atoms with E-state index in [1.165, 1.54) is 19.1 Å². The summed E-state index contributed by atoms with van der Waals surface area (Å²) in [5.74, 6) is -1.35. The number of aromatic amines is 1. The molecule has 0 aliphatic carbocycles. The van der Waals surface area contributed by atoms with E-state index in [4.69, 9.17) is 4.74 Å². The number of H-pyrrole nitrogens is 1. The van der Waals surface area contributed by atoms with E-state index in [0.29, 0.717) is 42.0 Å². The fourth-order valence-corrected chi connectivity index (χ4v) is 4.94. The van der Waals surface area contributed by atoms with Crippen LogP contribution >= 0.6 is 0 Å². The van der Waals surface area contributed by atoms with Gasteiger partial charge in [-0.25, -0.2) is 4.39 Å². The Morgan fingerprint density at radius 2 is 1.97 bits per heavy atom. The van der Waals surface area contributed by atoms with E-state index < -0.39 is 11.7 Å². The number of amides is 3. The van der Waals surface area contributed by atoms with Crippen LogP contribution in [0, 0.1) is 12.7 Å². The number of morpholine rings is 1. The van der Waals surface area contributed by atoms with Crippen LogP contribution in [0.2, 0.25) is 0 Å². The van der Waals surface area contributed by atoms with Gasteiger partial charge in [-0.05, 0) is 30.7 Å². The van der Waals surface area contributed by atoms with E-state index in [1.54, 1.807) is 6.08 Å². The van der Waals surface area contributed by atoms with E-state index in [-0.39, 0.29) is 23.1 Å². The van der Waals surface area contributed by atoms with E-state index >= 15 is 0 Å². The number of anilines is 2. The summed E-state index contributed by atoms with van der Waals surface area (Å²) in [6.07, 6.45) is 2.34. The van der Waals surface area contributed by atoms with Gasteiger partial charge in [0, 0.05) is 63.0 Å². The maximum absolute atomic E-state index is 14.3. The third-order valence-electron chi connectivity index (χ3n) is 6.76. The first-order valence-electron chi connectivity index (χ1n) is 11.8. The number of halogens is 1. The number of aromatic nitrogens is 1. The lowest BCUT2D eigenvalue weighted by molar-refractivity contribution is -0.114. The van der Waals surface area contributed by atoms with Gasteiger partial charge in [-0.1, -0.05) is 0 Å². The molecule has 3 aliphatic heterocycles. The normalized spacial score (nSPS) is 19.1. The average molecular weight is 482 g/mol. The number of carbonyl (C=O) groups excluding carboxylic acids is 3. The fraction of sp³-hybridized carbons (Fsp3) is 0.400. The summed E-state index contributed by atoms with van der Waals surface area (Å²) in [6.45, 7) is 8.46. The molecule has 0 atom stereocenters. The van der Waals surface area contributed by atoms with Crippen molar-refractivity contribution in [3.63, 3.8) is 0 Å². The second-order valence-corrected chi connectivity index (χ2v) is 9.08. The number of nitrogens with zero attached hydrogens (tertiary/aromatic N) is 2. The molecule has 0 spiro atoms. The van der Waals surface area contributed by atoms with Gasteiger partial charge < -0.3 is 25.3 Å². The Hall–Kier alpha value is -3.50. The summed E-state index contributed by atoms with van der Waals surface area (Å²) in [5, 5.41) is 5.28. The Kier molecular flexibility index (Phi) is 6.16. The van der Waals surface area contributed by atoms with Crippen molar-refractivity contribution < 1.29 is 23.5 Å². The molecule has 5 rings (SSSR count). The van der Waals surface area contributed by atoms with Gasteiger partial charge in [0.25, 0.3) is 11.8 Å². The van der Waals surface area contributed by atoms with Crippen LogP contribution in [0.5, 0.6) is 0 Å². The van der Waals surface area contributed by atoms with Crippen molar-refractivity contribution in [3.05, 3.63) is 46.0 Å². The molecule has 0 saturated carbocycles. The predicted molar refractivity (Wildman–Crippen MR) is 130 cm³/mol. The lowest BCUT2D eigenvalue weighted by Gasteiger charge is -2.32. The summed E-state index contributed by atoms with van der Waals surface area (Å²) < 4.78 is 19.7. The molecule has 0 radical (unpaired) electrons. The number of nitrogens with one attached hydrogen (secondary N) is 3. The number of carbonyl (C=O) groups is 3. The quantitative estimate of drug-likeness (QED) is 0.568. The second-order valence-electron chi connectivity index (χ2n) is 9.08. The third-order valence-corrected chi connectivity index (χ3v) is 6.76. The van der Waals surface area contributed by atoms with Crippen LogP contribution in [0.3, 0.4) is 0 Å². The molecule has 10 heteroatoms. The first kappa shape index (κ1) is 23.3. The van der Waals surface area contributed by atoms with E-state index in [1.807, 2.05) is 11.8 Å². The Morgan fingerprint density at radius 3 is 2.71 bits per heavy atom. The smallest absolute Gasteiger partial charge is 0.256 e. The van der Waals surface area contributed by atoms with E-state index in [2.05, 4.69) is 20.5 Å². The van der Waals surface area contributed by atoms with Gasteiger partial charge >= 0.3 is 0 Å². The topological polar surface area (TPSA) is 107 Å². The zero-order chi connectivity index (χ0) is 24.7. The molecular formula is C25H28FN5O4. The largest absolute Gasteiger partial charge is 0.379 e. The number of benzene rings is 1. The lowest BCUT2D eigenvalue weighted by Crippen LogP contribution is -2.45. The summed E-state index contributed by atoms with van der Waals surface area (Å²) in [7, 11) is 0. The van der Waals surface area contributed by atoms with Gasteiger partial charge in [0.05, 0.1) is 35.7 Å². The first-order chi connectivity index (χ1) is 16.8. The monoisotopic (exact) mass is 481 g/mol. The van der Waals surface area contributed by atoms with Crippen LogP contribution in [0.4, 0.5) is 15.8 Å². The van der Waals surface area contributed by atoms with Crippen LogP contribution in [0.15, 0.2) is 12.1 Å². The number of hydrogen-bond donors (Lipinski definition) is 3. The predicted octanol–water partition coefficient (Wildman–Crippen LogP) is 2.24. The van der Waals surface area contributed by atoms with Gasteiger partial charge in [-0.3, -0.25) is 19.3 Å². The molecule has 3 amide bonds. The molecule has 0 bridgehead atoms. The molecule has 4 heterocycles. The average Bonchev–Trinajstić information content (AvgIpc) is 3.31. The third kappa shape index (κ3) is 4.46. The standard InChI is InChI=1S/C25H28FN5O4/c1-14-20(13-18-17-11-16(26)12-21(27-15(2)32)23(17)29-24(18)33)28-19-3-4-31(25(34)22(14)19)6-5-30-7-9-35-10-8-30/h11-13,28H,3-10H2,1-2H3,(H,27,32)(H,29,33). The van der Waals surface area contributed by atoms with Gasteiger partial charge in [0.15, 0.2) is 0 Å². The maximum atomic E-state index is 14.3. The van der Waals surface area contributed by atoms with Crippen molar-refractivity contribution in [3.8, 4) is 0 Å². The Labute approximate surface area is 202 Å². The molecule has 1 aromatic carbocycles. The SMILES string of the molecule is CC(=O)Nc1cc(F)cc2c1NC(=O)C2=Cc1[nH]c2c(c1C)C(=O)N(CCN1CCOCC1)CC2. The molecule has 0 unspecified atom stereocenters. The highest BCUT2D eigenvalue weighted by atomic mass is 19.1. The number of fused-ring (bicyclic) bond motifs is 2. The highest BCUT2D eigenvalue weighted by molar-refractivity contribution is 6.36. The first-order valence-corrected chi connectivity index (χ1v) is 11.8. The van der Waals surface area contributed by atoms with E-state index in [0.717, 1.165) is 44.1 Å². The molecule has 3 N–H and O–H groups in total. The van der Waals surface area contributed by atoms with Gasteiger partial charge in [-0.2, -0.15) is 0 Å². The molecule has 1 saturated heterocycles. The summed E-state index contributed by atoms with van der Waals surface area (Å²) in [5.41, 5.74) is 4.08.